The highest BCUT2D eigenvalue weighted by molar-refractivity contribution is 5.88. The Morgan fingerprint density at radius 3 is 2.83 bits per heavy atom. The van der Waals surface area contributed by atoms with E-state index in [4.69, 9.17) is 4.74 Å². The van der Waals surface area contributed by atoms with Gasteiger partial charge in [-0.2, -0.15) is 5.10 Å². The SMILES string of the molecule is COCCn1ccc(NC(=O)NCCCNc2ccccc2)n1. The second-order valence-electron chi connectivity index (χ2n) is 4.98. The summed E-state index contributed by atoms with van der Waals surface area (Å²) in [4.78, 5) is 11.8. The normalized spacial score (nSPS) is 10.3. The Morgan fingerprint density at radius 1 is 1.22 bits per heavy atom. The molecule has 124 valence electrons. The lowest BCUT2D eigenvalue weighted by Gasteiger charge is -2.07. The molecule has 2 rings (SSSR count). The Hall–Kier alpha value is -2.54. The van der Waals surface area contributed by atoms with Gasteiger partial charge in [-0.1, -0.05) is 18.2 Å². The van der Waals surface area contributed by atoms with Crippen LogP contribution in [0.4, 0.5) is 16.3 Å². The number of benzene rings is 1. The highest BCUT2D eigenvalue weighted by Gasteiger charge is 2.04. The van der Waals surface area contributed by atoms with E-state index in [0.717, 1.165) is 18.7 Å². The fraction of sp³-hybridized carbons (Fsp3) is 0.375. The highest BCUT2D eigenvalue weighted by atomic mass is 16.5. The van der Waals surface area contributed by atoms with Gasteiger partial charge in [0.2, 0.25) is 0 Å². The Morgan fingerprint density at radius 2 is 2.04 bits per heavy atom. The van der Waals surface area contributed by atoms with Crippen molar-refractivity contribution in [2.45, 2.75) is 13.0 Å². The highest BCUT2D eigenvalue weighted by Crippen LogP contribution is 2.04. The molecular formula is C16H23N5O2. The molecule has 0 radical (unpaired) electrons. The Kier molecular flexibility index (Phi) is 6.93. The third kappa shape index (κ3) is 6.39. The lowest BCUT2D eigenvalue weighted by Crippen LogP contribution is -2.30. The summed E-state index contributed by atoms with van der Waals surface area (Å²) < 4.78 is 6.70. The second kappa shape index (κ2) is 9.47. The number of carbonyl (C=O) groups is 1. The number of urea groups is 1. The van der Waals surface area contributed by atoms with Crippen LogP contribution in [0.2, 0.25) is 0 Å². The first-order valence-electron chi connectivity index (χ1n) is 7.64. The molecule has 0 fully saturated rings. The van der Waals surface area contributed by atoms with Crippen molar-refractivity contribution in [3.8, 4) is 0 Å². The van der Waals surface area contributed by atoms with Crippen molar-refractivity contribution in [2.24, 2.45) is 0 Å². The maximum atomic E-state index is 11.8. The summed E-state index contributed by atoms with van der Waals surface area (Å²) in [5.74, 6) is 0.529. The van der Waals surface area contributed by atoms with Gasteiger partial charge in [0.15, 0.2) is 5.82 Å². The van der Waals surface area contributed by atoms with Crippen LogP contribution in [-0.2, 0) is 11.3 Å². The molecule has 0 aliphatic rings. The van der Waals surface area contributed by atoms with Crippen molar-refractivity contribution in [2.75, 3.05) is 37.4 Å². The minimum absolute atomic E-state index is 0.248. The molecule has 0 aliphatic carbocycles. The van der Waals surface area contributed by atoms with Crippen LogP contribution in [0.1, 0.15) is 6.42 Å². The molecule has 1 aromatic heterocycles. The molecule has 2 amide bonds. The third-order valence-corrected chi connectivity index (χ3v) is 3.15. The molecule has 2 aromatic rings. The smallest absolute Gasteiger partial charge is 0.320 e. The van der Waals surface area contributed by atoms with Gasteiger partial charge in [0, 0.05) is 38.1 Å². The lowest BCUT2D eigenvalue weighted by molar-refractivity contribution is 0.183. The van der Waals surface area contributed by atoms with Crippen molar-refractivity contribution in [1.82, 2.24) is 15.1 Å². The van der Waals surface area contributed by atoms with Crippen LogP contribution < -0.4 is 16.0 Å². The van der Waals surface area contributed by atoms with Gasteiger partial charge in [-0.25, -0.2) is 4.79 Å². The number of rotatable bonds is 9. The van der Waals surface area contributed by atoms with Gasteiger partial charge >= 0.3 is 6.03 Å². The fourth-order valence-corrected chi connectivity index (χ4v) is 1.98. The maximum absolute atomic E-state index is 11.8. The molecule has 0 bridgehead atoms. The van der Waals surface area contributed by atoms with E-state index in [9.17, 15) is 4.79 Å². The van der Waals surface area contributed by atoms with Gasteiger partial charge in [-0.3, -0.25) is 10.00 Å². The van der Waals surface area contributed by atoms with Gasteiger partial charge in [0.1, 0.15) is 0 Å². The maximum Gasteiger partial charge on any atom is 0.320 e. The standard InChI is InChI=1S/C16H23N5O2/c1-23-13-12-21-11-8-15(20-21)19-16(22)18-10-5-9-17-14-6-3-2-4-7-14/h2-4,6-8,11,17H,5,9-10,12-13H2,1H3,(H2,18,19,20,22). The summed E-state index contributed by atoms with van der Waals surface area (Å²) >= 11 is 0. The summed E-state index contributed by atoms with van der Waals surface area (Å²) in [6.07, 6.45) is 2.64. The van der Waals surface area contributed by atoms with E-state index in [2.05, 4.69) is 21.0 Å². The number of amides is 2. The molecule has 1 aromatic carbocycles. The summed E-state index contributed by atoms with van der Waals surface area (Å²) in [6, 6.07) is 11.5. The van der Waals surface area contributed by atoms with Crippen LogP contribution in [-0.4, -0.2) is 42.6 Å². The van der Waals surface area contributed by atoms with Crippen molar-refractivity contribution in [3.05, 3.63) is 42.6 Å². The topological polar surface area (TPSA) is 80.2 Å². The Balaban J connectivity index is 1.58. The molecule has 3 N–H and O–H groups in total. The average molecular weight is 317 g/mol. The molecule has 0 atom stereocenters. The fourth-order valence-electron chi connectivity index (χ4n) is 1.98. The number of ether oxygens (including phenoxy) is 1. The number of hydrogen-bond acceptors (Lipinski definition) is 4. The summed E-state index contributed by atoms with van der Waals surface area (Å²) in [7, 11) is 1.64. The number of methoxy groups -OCH3 is 1. The van der Waals surface area contributed by atoms with E-state index in [1.807, 2.05) is 30.3 Å². The van der Waals surface area contributed by atoms with Gasteiger partial charge in [0.05, 0.1) is 13.2 Å². The van der Waals surface area contributed by atoms with Crippen LogP contribution in [0.3, 0.4) is 0 Å². The number of nitrogens with one attached hydrogen (secondary N) is 3. The van der Waals surface area contributed by atoms with E-state index in [0.29, 0.717) is 25.5 Å². The monoisotopic (exact) mass is 317 g/mol. The lowest BCUT2D eigenvalue weighted by atomic mass is 10.3. The Labute approximate surface area is 136 Å². The van der Waals surface area contributed by atoms with Crippen molar-refractivity contribution in [1.29, 1.82) is 0 Å². The van der Waals surface area contributed by atoms with Crippen LogP contribution >= 0.6 is 0 Å². The zero-order chi connectivity index (χ0) is 16.3. The predicted octanol–water partition coefficient (Wildman–Crippen LogP) is 2.15. The van der Waals surface area contributed by atoms with Crippen molar-refractivity contribution < 1.29 is 9.53 Å². The zero-order valence-corrected chi connectivity index (χ0v) is 13.3. The molecule has 0 unspecified atom stereocenters. The van der Waals surface area contributed by atoms with E-state index in [1.54, 1.807) is 24.1 Å². The van der Waals surface area contributed by atoms with Crippen LogP contribution in [0.5, 0.6) is 0 Å². The predicted molar refractivity (Wildman–Crippen MR) is 90.7 cm³/mol. The Bertz CT molecular complexity index is 585. The van der Waals surface area contributed by atoms with E-state index >= 15 is 0 Å². The summed E-state index contributed by atoms with van der Waals surface area (Å²) in [6.45, 7) is 2.64. The van der Waals surface area contributed by atoms with Crippen molar-refractivity contribution in [3.63, 3.8) is 0 Å². The van der Waals surface area contributed by atoms with E-state index < -0.39 is 0 Å². The molecule has 0 aliphatic heterocycles. The van der Waals surface area contributed by atoms with Gasteiger partial charge in [-0.15, -0.1) is 0 Å². The molecule has 7 heteroatoms. The number of nitrogens with zero attached hydrogens (tertiary/aromatic N) is 2. The first-order chi connectivity index (χ1) is 11.3. The largest absolute Gasteiger partial charge is 0.385 e. The number of aromatic nitrogens is 2. The van der Waals surface area contributed by atoms with Crippen molar-refractivity contribution >= 4 is 17.5 Å². The molecule has 23 heavy (non-hydrogen) atoms. The van der Waals surface area contributed by atoms with Crippen LogP contribution in [0.25, 0.3) is 0 Å². The third-order valence-electron chi connectivity index (χ3n) is 3.15. The number of para-hydroxylation sites is 1. The summed E-state index contributed by atoms with van der Waals surface area (Å²) in [5, 5.41) is 13.0. The van der Waals surface area contributed by atoms with Gasteiger partial charge in [0.25, 0.3) is 0 Å². The van der Waals surface area contributed by atoms with Gasteiger partial charge < -0.3 is 15.4 Å². The van der Waals surface area contributed by atoms with Crippen LogP contribution in [0, 0.1) is 0 Å². The van der Waals surface area contributed by atoms with E-state index in [1.165, 1.54) is 0 Å². The first kappa shape index (κ1) is 16.8. The minimum atomic E-state index is -0.248. The molecule has 1 heterocycles. The number of anilines is 2. The van der Waals surface area contributed by atoms with Crippen LogP contribution in [0.15, 0.2) is 42.6 Å². The summed E-state index contributed by atoms with van der Waals surface area (Å²) in [5.41, 5.74) is 1.08. The first-order valence-corrected chi connectivity index (χ1v) is 7.64. The van der Waals surface area contributed by atoms with E-state index in [-0.39, 0.29) is 6.03 Å². The number of carbonyl (C=O) groups excluding carboxylic acids is 1. The van der Waals surface area contributed by atoms with Gasteiger partial charge in [-0.05, 0) is 18.6 Å². The molecule has 0 spiro atoms. The average Bonchev–Trinajstić information content (AvgIpc) is 3.01. The molecule has 0 saturated carbocycles. The number of hydrogen-bond donors (Lipinski definition) is 3. The molecule has 7 nitrogen and oxygen atoms in total. The molecule has 0 saturated heterocycles. The minimum Gasteiger partial charge on any atom is -0.385 e. The molecular weight excluding hydrogens is 294 g/mol. The quantitative estimate of drug-likeness (QED) is 0.619. The second-order valence-corrected chi connectivity index (χ2v) is 4.98. The zero-order valence-electron chi connectivity index (χ0n) is 13.3.